The van der Waals surface area contributed by atoms with Gasteiger partial charge in [-0.1, -0.05) is 41.1 Å². The van der Waals surface area contributed by atoms with Crippen molar-refractivity contribution in [1.82, 2.24) is 10.2 Å². The molecule has 0 aromatic heterocycles. The van der Waals surface area contributed by atoms with Crippen LogP contribution in [0.2, 0.25) is 0 Å². The first-order valence-electron chi connectivity index (χ1n) is 6.39. The van der Waals surface area contributed by atoms with Crippen LogP contribution >= 0.6 is 27.7 Å². The fourth-order valence-corrected chi connectivity index (χ4v) is 2.91. The van der Waals surface area contributed by atoms with Crippen LogP contribution in [0.1, 0.15) is 18.4 Å². The van der Waals surface area contributed by atoms with E-state index in [0.717, 1.165) is 4.90 Å². The SMILES string of the molecule is CSC(C)CN1C(=O)NC(=O)C(c2ccccc2Br)C1=O. The summed E-state index contributed by atoms with van der Waals surface area (Å²) in [6.07, 6.45) is 1.91. The zero-order chi connectivity index (χ0) is 15.6. The molecule has 21 heavy (non-hydrogen) atoms. The summed E-state index contributed by atoms with van der Waals surface area (Å²) in [6, 6.07) is 6.39. The number of urea groups is 1. The van der Waals surface area contributed by atoms with Gasteiger partial charge in [-0.25, -0.2) is 4.79 Å². The lowest BCUT2D eigenvalue weighted by Crippen LogP contribution is -2.58. The molecule has 1 saturated heterocycles. The molecule has 1 aromatic rings. The van der Waals surface area contributed by atoms with Gasteiger partial charge in [0.15, 0.2) is 0 Å². The molecule has 2 atom stereocenters. The van der Waals surface area contributed by atoms with E-state index in [1.807, 2.05) is 13.2 Å². The molecule has 2 rings (SSSR count). The first-order valence-corrected chi connectivity index (χ1v) is 8.47. The lowest BCUT2D eigenvalue weighted by Gasteiger charge is -2.32. The van der Waals surface area contributed by atoms with Crippen LogP contribution in [0, 0.1) is 0 Å². The largest absolute Gasteiger partial charge is 0.330 e. The monoisotopic (exact) mass is 370 g/mol. The maximum absolute atomic E-state index is 12.6. The molecule has 2 unspecified atom stereocenters. The van der Waals surface area contributed by atoms with Gasteiger partial charge in [0, 0.05) is 16.3 Å². The lowest BCUT2D eigenvalue weighted by molar-refractivity contribution is -0.138. The van der Waals surface area contributed by atoms with Gasteiger partial charge in [-0.3, -0.25) is 19.8 Å². The maximum atomic E-state index is 12.6. The first kappa shape index (κ1) is 16.0. The van der Waals surface area contributed by atoms with Crippen LogP contribution in [-0.2, 0) is 9.59 Å². The fraction of sp³-hybridized carbons (Fsp3) is 0.357. The summed E-state index contributed by atoms with van der Waals surface area (Å²) in [5.41, 5.74) is 0.564. The molecular formula is C14H15BrN2O3S. The van der Waals surface area contributed by atoms with E-state index in [9.17, 15) is 14.4 Å². The summed E-state index contributed by atoms with van der Waals surface area (Å²) in [5, 5.41) is 2.37. The third-order valence-corrected chi connectivity index (χ3v) is 4.98. The summed E-state index contributed by atoms with van der Waals surface area (Å²) in [4.78, 5) is 37.6. The fourth-order valence-electron chi connectivity index (χ4n) is 2.10. The normalized spacial score (nSPS) is 20.4. The molecule has 112 valence electrons. The van der Waals surface area contributed by atoms with Crippen molar-refractivity contribution in [3.05, 3.63) is 34.3 Å². The zero-order valence-corrected chi connectivity index (χ0v) is 14.0. The predicted octanol–water partition coefficient (Wildman–Crippen LogP) is 2.36. The summed E-state index contributed by atoms with van der Waals surface area (Å²) in [6.45, 7) is 2.20. The zero-order valence-electron chi connectivity index (χ0n) is 11.6. The molecule has 0 saturated carbocycles. The van der Waals surface area contributed by atoms with Crippen molar-refractivity contribution < 1.29 is 14.4 Å². The highest BCUT2D eigenvalue weighted by molar-refractivity contribution is 9.10. The molecule has 5 nitrogen and oxygen atoms in total. The van der Waals surface area contributed by atoms with Gasteiger partial charge in [-0.05, 0) is 17.9 Å². The van der Waals surface area contributed by atoms with Crippen LogP contribution in [0.25, 0.3) is 0 Å². The Morgan fingerprint density at radius 2 is 2.00 bits per heavy atom. The molecule has 1 heterocycles. The minimum atomic E-state index is -0.993. The Balaban J connectivity index is 2.33. The molecule has 0 aliphatic carbocycles. The van der Waals surface area contributed by atoms with Gasteiger partial charge < -0.3 is 0 Å². The second kappa shape index (κ2) is 6.62. The quantitative estimate of drug-likeness (QED) is 0.826. The number of hydrogen-bond donors (Lipinski definition) is 1. The number of halogens is 1. The van der Waals surface area contributed by atoms with Crippen molar-refractivity contribution in [2.45, 2.75) is 18.1 Å². The van der Waals surface area contributed by atoms with Crippen molar-refractivity contribution in [3.63, 3.8) is 0 Å². The van der Waals surface area contributed by atoms with Crippen molar-refractivity contribution in [2.24, 2.45) is 0 Å². The number of benzene rings is 1. The number of thioether (sulfide) groups is 1. The Morgan fingerprint density at radius 1 is 1.33 bits per heavy atom. The highest BCUT2D eigenvalue weighted by Crippen LogP contribution is 2.29. The van der Waals surface area contributed by atoms with Crippen molar-refractivity contribution >= 4 is 45.5 Å². The van der Waals surface area contributed by atoms with Gasteiger partial charge in [0.2, 0.25) is 11.8 Å². The molecule has 1 aromatic carbocycles. The number of barbiturate groups is 1. The Labute approximate surface area is 135 Å². The van der Waals surface area contributed by atoms with E-state index in [4.69, 9.17) is 0 Å². The van der Waals surface area contributed by atoms with Crippen molar-refractivity contribution in [1.29, 1.82) is 0 Å². The summed E-state index contributed by atoms with van der Waals surface area (Å²) >= 11 is 4.90. The van der Waals surface area contributed by atoms with Gasteiger partial charge in [-0.15, -0.1) is 0 Å². The smallest absolute Gasteiger partial charge is 0.277 e. The second-order valence-electron chi connectivity index (χ2n) is 4.74. The molecule has 7 heteroatoms. The minimum absolute atomic E-state index is 0.104. The molecule has 0 spiro atoms. The number of rotatable bonds is 4. The van der Waals surface area contributed by atoms with E-state index in [2.05, 4.69) is 21.2 Å². The number of carbonyl (C=O) groups is 3. The third kappa shape index (κ3) is 3.29. The van der Waals surface area contributed by atoms with Gasteiger partial charge in [0.05, 0.1) is 0 Å². The molecule has 1 N–H and O–H groups in total. The number of nitrogens with zero attached hydrogens (tertiary/aromatic N) is 1. The van der Waals surface area contributed by atoms with E-state index in [0.29, 0.717) is 10.0 Å². The number of hydrogen-bond acceptors (Lipinski definition) is 4. The first-order chi connectivity index (χ1) is 9.95. The van der Waals surface area contributed by atoms with Gasteiger partial charge >= 0.3 is 6.03 Å². The number of nitrogens with one attached hydrogen (secondary N) is 1. The Kier molecular flexibility index (Phi) is 5.05. The van der Waals surface area contributed by atoms with Crippen molar-refractivity contribution in [3.8, 4) is 0 Å². The average Bonchev–Trinajstić information content (AvgIpc) is 2.45. The molecular weight excluding hydrogens is 356 g/mol. The molecule has 0 radical (unpaired) electrons. The molecule has 1 aliphatic heterocycles. The van der Waals surface area contributed by atoms with E-state index < -0.39 is 23.8 Å². The van der Waals surface area contributed by atoms with Crippen molar-refractivity contribution in [2.75, 3.05) is 12.8 Å². The third-order valence-electron chi connectivity index (χ3n) is 3.31. The van der Waals surface area contributed by atoms with Crippen LogP contribution in [0.4, 0.5) is 4.79 Å². The summed E-state index contributed by atoms with van der Waals surface area (Å²) in [7, 11) is 0. The van der Waals surface area contributed by atoms with Crippen LogP contribution in [0.3, 0.4) is 0 Å². The van der Waals surface area contributed by atoms with Crippen LogP contribution in [-0.4, -0.2) is 40.8 Å². The van der Waals surface area contributed by atoms with Gasteiger partial charge in [0.1, 0.15) is 5.92 Å². The highest BCUT2D eigenvalue weighted by atomic mass is 79.9. The summed E-state index contributed by atoms with van der Waals surface area (Å²) in [5.74, 6) is -2.05. The topological polar surface area (TPSA) is 66.5 Å². The van der Waals surface area contributed by atoms with E-state index >= 15 is 0 Å². The standard InChI is InChI=1S/C14H15BrN2O3S/c1-8(21-2)7-17-13(19)11(12(18)16-14(17)20)9-5-3-4-6-10(9)15/h3-6,8,11H,7H2,1-2H3,(H,16,18,20). The molecule has 0 bridgehead atoms. The Hall–Kier alpha value is -1.34. The van der Waals surface area contributed by atoms with Crippen LogP contribution in [0.15, 0.2) is 28.7 Å². The van der Waals surface area contributed by atoms with E-state index in [-0.39, 0.29) is 11.8 Å². The lowest BCUT2D eigenvalue weighted by atomic mass is 9.95. The minimum Gasteiger partial charge on any atom is -0.277 e. The van der Waals surface area contributed by atoms with E-state index in [1.54, 1.807) is 36.0 Å². The Morgan fingerprint density at radius 3 is 2.62 bits per heavy atom. The van der Waals surface area contributed by atoms with Gasteiger partial charge in [-0.2, -0.15) is 11.8 Å². The van der Waals surface area contributed by atoms with E-state index in [1.165, 1.54) is 0 Å². The molecule has 1 aliphatic rings. The number of amides is 4. The number of imide groups is 2. The molecule has 4 amide bonds. The predicted molar refractivity (Wildman–Crippen MR) is 85.1 cm³/mol. The average molecular weight is 371 g/mol. The van der Waals surface area contributed by atoms with Crippen LogP contribution in [0.5, 0.6) is 0 Å². The molecule has 1 fully saturated rings. The highest BCUT2D eigenvalue weighted by Gasteiger charge is 2.42. The Bertz CT molecular complexity index is 593. The second-order valence-corrected chi connectivity index (χ2v) is 6.87. The summed E-state index contributed by atoms with van der Waals surface area (Å²) < 4.78 is 0.672. The van der Waals surface area contributed by atoms with Crippen LogP contribution < -0.4 is 5.32 Å². The number of carbonyl (C=O) groups excluding carboxylic acids is 3. The van der Waals surface area contributed by atoms with Gasteiger partial charge in [0.25, 0.3) is 0 Å². The maximum Gasteiger partial charge on any atom is 0.330 e.